The van der Waals surface area contributed by atoms with Crippen LogP contribution in [-0.4, -0.2) is 72.3 Å². The quantitative estimate of drug-likeness (QED) is 0.312. The number of benzene rings is 1. The maximum Gasteiger partial charge on any atom is 0.225 e. The van der Waals surface area contributed by atoms with Crippen molar-refractivity contribution in [2.45, 2.75) is 43.7 Å². The zero-order valence-electron chi connectivity index (χ0n) is 23.4. The molecule has 9 heteroatoms. The van der Waals surface area contributed by atoms with E-state index < -0.39 is 11.6 Å². The summed E-state index contributed by atoms with van der Waals surface area (Å²) in [6.07, 6.45) is 6.15. The maximum atomic E-state index is 15.9. The molecule has 2 bridgehead atoms. The molecule has 1 N–H and O–H groups in total. The van der Waals surface area contributed by atoms with Gasteiger partial charge in [0.1, 0.15) is 29.8 Å². The molecule has 4 aromatic rings. The molecule has 3 aliphatic rings. The van der Waals surface area contributed by atoms with Crippen molar-refractivity contribution in [3.8, 4) is 28.3 Å². The van der Waals surface area contributed by atoms with E-state index in [2.05, 4.69) is 15.1 Å². The first-order valence-electron chi connectivity index (χ1n) is 14.5. The molecule has 1 aromatic carbocycles. The van der Waals surface area contributed by atoms with Crippen LogP contribution in [0.1, 0.15) is 37.3 Å². The lowest BCUT2D eigenvalue weighted by Gasteiger charge is -2.35. The van der Waals surface area contributed by atoms with Crippen molar-refractivity contribution in [1.29, 1.82) is 0 Å². The fourth-order valence-corrected chi connectivity index (χ4v) is 6.20. The molecule has 0 spiro atoms. The zero-order chi connectivity index (χ0) is 28.1. The van der Waals surface area contributed by atoms with Gasteiger partial charge in [0.15, 0.2) is 0 Å². The number of hydrogen-bond donors (Lipinski definition) is 1. The van der Waals surface area contributed by atoms with Gasteiger partial charge in [-0.15, -0.1) is 0 Å². The van der Waals surface area contributed by atoms with Gasteiger partial charge in [-0.3, -0.25) is 4.98 Å². The number of hydrogen-bond acceptors (Lipinski definition) is 7. The number of halogens is 2. The maximum absolute atomic E-state index is 15.9. The molecule has 1 saturated carbocycles. The van der Waals surface area contributed by atoms with Crippen molar-refractivity contribution >= 4 is 16.7 Å². The number of rotatable bonds is 8. The molecule has 0 amide bonds. The largest absolute Gasteiger partial charge is 0.476 e. The van der Waals surface area contributed by atoms with Gasteiger partial charge >= 0.3 is 0 Å². The Morgan fingerprint density at radius 2 is 1.71 bits per heavy atom. The molecule has 7 nitrogen and oxygen atoms in total. The Kier molecular flexibility index (Phi) is 6.79. The standard InChI is InChI=1S/C32H34F2N6O/c1-39(2)14-15-41-32-27(23-7-5-13-35-28(23)19-9-10-19)30-24(31(38-32)40-17-20-11-12-21(18-40)36-20)16-26(34)29(37-30)22-6-3-4-8-25(22)33/h3-8,13,16,19-21,36H,9-12,14-15,17-18H2,1-2H3. The minimum Gasteiger partial charge on any atom is -0.476 e. The Hall–Kier alpha value is -3.69. The van der Waals surface area contributed by atoms with Gasteiger partial charge in [0.2, 0.25) is 5.88 Å². The van der Waals surface area contributed by atoms with Crippen molar-refractivity contribution in [3.63, 3.8) is 0 Å². The number of fused-ring (bicyclic) bond motifs is 3. The van der Waals surface area contributed by atoms with Crippen molar-refractivity contribution in [3.05, 3.63) is 66.0 Å². The molecule has 0 radical (unpaired) electrons. The van der Waals surface area contributed by atoms with Crippen molar-refractivity contribution in [1.82, 2.24) is 25.2 Å². The van der Waals surface area contributed by atoms with E-state index in [4.69, 9.17) is 19.7 Å². The fraction of sp³-hybridized carbons (Fsp3) is 0.406. The first-order chi connectivity index (χ1) is 20.0. The van der Waals surface area contributed by atoms with Crippen LogP contribution in [-0.2, 0) is 0 Å². The number of piperazine rings is 1. The van der Waals surface area contributed by atoms with Crippen LogP contribution in [0.4, 0.5) is 14.6 Å². The Balaban J connectivity index is 1.50. The monoisotopic (exact) mass is 556 g/mol. The van der Waals surface area contributed by atoms with E-state index in [1.807, 2.05) is 32.4 Å². The molecule has 2 saturated heterocycles. The van der Waals surface area contributed by atoms with Crippen molar-refractivity contribution in [2.24, 2.45) is 0 Å². The fourth-order valence-electron chi connectivity index (χ4n) is 6.20. The first-order valence-corrected chi connectivity index (χ1v) is 14.5. The number of aromatic nitrogens is 3. The zero-order valence-corrected chi connectivity index (χ0v) is 23.4. The average molecular weight is 557 g/mol. The van der Waals surface area contributed by atoms with E-state index in [-0.39, 0.29) is 11.3 Å². The number of nitrogens with zero attached hydrogens (tertiary/aromatic N) is 5. The smallest absolute Gasteiger partial charge is 0.225 e. The third kappa shape index (κ3) is 5.02. The third-order valence-electron chi connectivity index (χ3n) is 8.37. The van der Waals surface area contributed by atoms with E-state index in [1.165, 1.54) is 12.1 Å². The van der Waals surface area contributed by atoms with E-state index in [9.17, 15) is 4.39 Å². The molecule has 1 aliphatic carbocycles. The SMILES string of the molecule is CN(C)CCOc1nc(N2CC3CCC(C2)N3)c2cc(F)c(-c3ccccc3F)nc2c1-c1cccnc1C1CC1. The highest BCUT2D eigenvalue weighted by Crippen LogP contribution is 2.48. The number of pyridine rings is 3. The summed E-state index contributed by atoms with van der Waals surface area (Å²) >= 11 is 0. The van der Waals surface area contributed by atoms with Crippen molar-refractivity contribution in [2.75, 3.05) is 45.2 Å². The summed E-state index contributed by atoms with van der Waals surface area (Å²) in [5.41, 5.74) is 3.20. The normalized spacial score (nSPS) is 20.3. The molecule has 7 rings (SSSR count). The second-order valence-corrected chi connectivity index (χ2v) is 11.7. The molecule has 2 unspecified atom stereocenters. The van der Waals surface area contributed by atoms with Crippen LogP contribution >= 0.6 is 0 Å². The summed E-state index contributed by atoms with van der Waals surface area (Å²) in [5, 5.41) is 4.27. The lowest BCUT2D eigenvalue weighted by atomic mass is 9.98. The predicted octanol–water partition coefficient (Wildman–Crippen LogP) is 5.40. The van der Waals surface area contributed by atoms with Crippen LogP contribution in [0.2, 0.25) is 0 Å². The Bertz CT molecular complexity index is 1600. The van der Waals surface area contributed by atoms with Crippen LogP contribution in [0.5, 0.6) is 5.88 Å². The summed E-state index contributed by atoms with van der Waals surface area (Å²) in [5.74, 6) is 0.366. The van der Waals surface area contributed by atoms with E-state index in [0.717, 1.165) is 50.0 Å². The lowest BCUT2D eigenvalue weighted by Crippen LogP contribution is -2.51. The Morgan fingerprint density at radius 1 is 0.951 bits per heavy atom. The van der Waals surface area contributed by atoms with Crippen LogP contribution < -0.4 is 15.0 Å². The molecule has 3 aromatic heterocycles. The van der Waals surface area contributed by atoms with E-state index >= 15 is 4.39 Å². The number of anilines is 1. The predicted molar refractivity (Wildman–Crippen MR) is 156 cm³/mol. The highest BCUT2D eigenvalue weighted by molar-refractivity contribution is 6.03. The second-order valence-electron chi connectivity index (χ2n) is 11.7. The third-order valence-corrected chi connectivity index (χ3v) is 8.37. The van der Waals surface area contributed by atoms with Crippen LogP contribution in [0.15, 0.2) is 48.7 Å². The van der Waals surface area contributed by atoms with Crippen LogP contribution in [0.3, 0.4) is 0 Å². The highest BCUT2D eigenvalue weighted by atomic mass is 19.1. The van der Waals surface area contributed by atoms with Crippen LogP contribution in [0, 0.1) is 11.6 Å². The molecular formula is C32H34F2N6O. The Labute approximate surface area is 238 Å². The first kappa shape index (κ1) is 26.2. The van der Waals surface area contributed by atoms with Crippen LogP contribution in [0.25, 0.3) is 33.3 Å². The van der Waals surface area contributed by atoms with Gasteiger partial charge < -0.3 is 19.9 Å². The summed E-state index contributed by atoms with van der Waals surface area (Å²) in [6, 6.07) is 12.3. The molecule has 5 heterocycles. The van der Waals surface area contributed by atoms with Gasteiger partial charge in [0.05, 0.1) is 16.8 Å². The van der Waals surface area contributed by atoms with Gasteiger partial charge in [-0.05, 0) is 64.0 Å². The van der Waals surface area contributed by atoms with Crippen molar-refractivity contribution < 1.29 is 13.5 Å². The van der Waals surface area contributed by atoms with E-state index in [0.29, 0.717) is 59.3 Å². The Morgan fingerprint density at radius 3 is 2.44 bits per heavy atom. The summed E-state index contributed by atoms with van der Waals surface area (Å²) in [6.45, 7) is 2.66. The molecule has 2 aliphatic heterocycles. The van der Waals surface area contributed by atoms with Gasteiger partial charge in [-0.2, -0.15) is 4.98 Å². The number of ether oxygens (including phenoxy) is 1. The molecule has 212 valence electrons. The molecule has 41 heavy (non-hydrogen) atoms. The number of likely N-dealkylation sites (N-methyl/N-ethyl adjacent to an activating group) is 1. The topological polar surface area (TPSA) is 66.4 Å². The van der Waals surface area contributed by atoms with Gasteiger partial charge in [-0.1, -0.05) is 18.2 Å². The van der Waals surface area contributed by atoms with Gasteiger partial charge in [0, 0.05) is 60.3 Å². The van der Waals surface area contributed by atoms with Gasteiger partial charge in [0.25, 0.3) is 0 Å². The lowest BCUT2D eigenvalue weighted by molar-refractivity contribution is 0.255. The highest BCUT2D eigenvalue weighted by Gasteiger charge is 2.36. The minimum atomic E-state index is -0.579. The summed E-state index contributed by atoms with van der Waals surface area (Å²) in [7, 11) is 3.99. The average Bonchev–Trinajstić information content (AvgIpc) is 3.76. The summed E-state index contributed by atoms with van der Waals surface area (Å²) < 4.78 is 37.3. The summed E-state index contributed by atoms with van der Waals surface area (Å²) in [4.78, 5) is 19.1. The van der Waals surface area contributed by atoms with E-state index in [1.54, 1.807) is 18.2 Å². The molecule has 2 atom stereocenters. The van der Waals surface area contributed by atoms with Gasteiger partial charge in [-0.25, -0.2) is 13.8 Å². The minimum absolute atomic E-state index is 0.0227. The molecule has 3 fully saturated rings. The second kappa shape index (κ2) is 10.6. The number of nitrogens with one attached hydrogen (secondary N) is 1. The molecular weight excluding hydrogens is 522 g/mol.